The first-order valence-electron chi connectivity index (χ1n) is 7.74. The molecule has 2 aromatic heterocycles. The Labute approximate surface area is 136 Å². The molecule has 0 bridgehead atoms. The molecule has 0 spiro atoms. The molecule has 0 aliphatic carbocycles. The van der Waals surface area contributed by atoms with E-state index in [4.69, 9.17) is 16.2 Å². The second-order valence-electron chi connectivity index (χ2n) is 6.03. The van der Waals surface area contributed by atoms with E-state index < -0.39 is 17.3 Å². The van der Waals surface area contributed by atoms with Crippen LogP contribution in [0, 0.1) is 0 Å². The van der Waals surface area contributed by atoms with Crippen molar-refractivity contribution in [2.75, 3.05) is 5.73 Å². The van der Waals surface area contributed by atoms with Gasteiger partial charge in [-0.25, -0.2) is 0 Å². The SMILES string of the molecule is CCCC1CC(N)(CC)C(n2c(=O)sc3c(=O)[nH]c(N)nc32)O1. The van der Waals surface area contributed by atoms with Gasteiger partial charge in [-0.2, -0.15) is 4.98 Å². The molecule has 1 aliphatic heterocycles. The monoisotopic (exact) mass is 339 g/mol. The van der Waals surface area contributed by atoms with Gasteiger partial charge in [0, 0.05) is 0 Å². The van der Waals surface area contributed by atoms with Crippen molar-refractivity contribution in [3.8, 4) is 0 Å². The van der Waals surface area contributed by atoms with E-state index in [-0.39, 0.29) is 27.3 Å². The molecule has 1 saturated heterocycles. The van der Waals surface area contributed by atoms with Crippen LogP contribution in [0.1, 0.15) is 45.8 Å². The molecule has 23 heavy (non-hydrogen) atoms. The molecule has 9 heteroatoms. The molecule has 0 aromatic carbocycles. The average Bonchev–Trinajstić information content (AvgIpc) is 2.97. The summed E-state index contributed by atoms with van der Waals surface area (Å²) in [6.07, 6.45) is 2.53. The van der Waals surface area contributed by atoms with E-state index in [1.165, 1.54) is 4.57 Å². The maximum absolute atomic E-state index is 12.5. The van der Waals surface area contributed by atoms with E-state index in [1.54, 1.807) is 0 Å². The highest BCUT2D eigenvalue weighted by Crippen LogP contribution is 2.40. The highest BCUT2D eigenvalue weighted by molar-refractivity contribution is 7.16. The van der Waals surface area contributed by atoms with Gasteiger partial charge in [-0.3, -0.25) is 19.1 Å². The van der Waals surface area contributed by atoms with Crippen LogP contribution in [0.25, 0.3) is 10.3 Å². The van der Waals surface area contributed by atoms with Crippen molar-refractivity contribution in [2.24, 2.45) is 5.73 Å². The summed E-state index contributed by atoms with van der Waals surface area (Å²) >= 11 is 0.837. The average molecular weight is 339 g/mol. The fraction of sp³-hybridized carbons (Fsp3) is 0.643. The van der Waals surface area contributed by atoms with Crippen LogP contribution in [-0.2, 0) is 4.74 Å². The second kappa shape index (κ2) is 5.73. The van der Waals surface area contributed by atoms with Crippen LogP contribution in [0.3, 0.4) is 0 Å². The molecule has 8 nitrogen and oxygen atoms in total. The van der Waals surface area contributed by atoms with Crippen LogP contribution in [0.2, 0.25) is 0 Å². The number of nitrogens with two attached hydrogens (primary N) is 2. The summed E-state index contributed by atoms with van der Waals surface area (Å²) in [5, 5.41) is 0. The number of aromatic amines is 1. The van der Waals surface area contributed by atoms with E-state index in [0.717, 1.165) is 24.2 Å². The Balaban J connectivity index is 2.17. The topological polar surface area (TPSA) is 129 Å². The van der Waals surface area contributed by atoms with Crippen molar-refractivity contribution >= 4 is 27.6 Å². The number of hydrogen-bond donors (Lipinski definition) is 3. The Morgan fingerprint density at radius 3 is 2.87 bits per heavy atom. The van der Waals surface area contributed by atoms with Crippen molar-refractivity contribution in [1.82, 2.24) is 14.5 Å². The van der Waals surface area contributed by atoms with Gasteiger partial charge in [-0.15, -0.1) is 0 Å². The third-order valence-corrected chi connectivity index (χ3v) is 5.36. The zero-order chi connectivity index (χ0) is 16.8. The van der Waals surface area contributed by atoms with Crippen molar-refractivity contribution in [2.45, 2.75) is 57.4 Å². The maximum atomic E-state index is 12.5. The molecule has 5 N–H and O–H groups in total. The highest BCUT2D eigenvalue weighted by Gasteiger charge is 2.46. The maximum Gasteiger partial charge on any atom is 0.311 e. The van der Waals surface area contributed by atoms with Gasteiger partial charge in [0.25, 0.3) is 5.56 Å². The summed E-state index contributed by atoms with van der Waals surface area (Å²) in [5.74, 6) is -0.0312. The van der Waals surface area contributed by atoms with E-state index in [0.29, 0.717) is 12.8 Å². The van der Waals surface area contributed by atoms with E-state index >= 15 is 0 Å². The predicted octanol–water partition coefficient (Wildman–Crippen LogP) is 0.924. The number of anilines is 1. The minimum Gasteiger partial charge on any atom is -0.369 e. The predicted molar refractivity (Wildman–Crippen MR) is 89.6 cm³/mol. The van der Waals surface area contributed by atoms with Crippen LogP contribution in [0.5, 0.6) is 0 Å². The van der Waals surface area contributed by atoms with Gasteiger partial charge in [0.05, 0.1) is 11.6 Å². The summed E-state index contributed by atoms with van der Waals surface area (Å²) in [4.78, 5) is 30.7. The smallest absolute Gasteiger partial charge is 0.311 e. The third-order valence-electron chi connectivity index (χ3n) is 4.42. The number of hydrogen-bond acceptors (Lipinski definition) is 7. The lowest BCUT2D eigenvalue weighted by atomic mass is 9.90. The normalized spacial score (nSPS) is 27.8. The molecular formula is C14H21N5O3S. The van der Waals surface area contributed by atoms with Crippen molar-refractivity contribution in [3.63, 3.8) is 0 Å². The fourth-order valence-electron chi connectivity index (χ4n) is 3.17. The number of aromatic nitrogens is 3. The zero-order valence-corrected chi connectivity index (χ0v) is 14.0. The van der Waals surface area contributed by atoms with Crippen molar-refractivity contribution < 1.29 is 4.74 Å². The lowest BCUT2D eigenvalue weighted by Gasteiger charge is -2.28. The van der Waals surface area contributed by atoms with Gasteiger partial charge in [-0.1, -0.05) is 31.6 Å². The lowest BCUT2D eigenvalue weighted by Crippen LogP contribution is -2.46. The van der Waals surface area contributed by atoms with Crippen LogP contribution in [-0.4, -0.2) is 26.2 Å². The zero-order valence-electron chi connectivity index (χ0n) is 13.2. The van der Waals surface area contributed by atoms with Crippen LogP contribution in [0.15, 0.2) is 9.59 Å². The number of nitrogens with one attached hydrogen (secondary N) is 1. The largest absolute Gasteiger partial charge is 0.369 e. The molecule has 3 rings (SSSR count). The summed E-state index contributed by atoms with van der Waals surface area (Å²) < 4.78 is 7.71. The van der Waals surface area contributed by atoms with E-state index in [2.05, 4.69) is 16.9 Å². The summed E-state index contributed by atoms with van der Waals surface area (Å²) in [6.45, 7) is 4.05. The van der Waals surface area contributed by atoms with Crippen LogP contribution < -0.4 is 21.9 Å². The summed E-state index contributed by atoms with van der Waals surface area (Å²) in [6, 6.07) is 0. The summed E-state index contributed by atoms with van der Waals surface area (Å²) in [5.41, 5.74) is 11.3. The highest BCUT2D eigenvalue weighted by atomic mass is 32.1. The first-order valence-corrected chi connectivity index (χ1v) is 8.56. The number of rotatable bonds is 4. The molecule has 0 radical (unpaired) electrons. The number of ether oxygens (including phenoxy) is 1. The number of nitrogen functional groups attached to an aromatic ring is 1. The Hall–Kier alpha value is -1.71. The number of thiazole rings is 1. The quantitative estimate of drug-likeness (QED) is 0.760. The summed E-state index contributed by atoms with van der Waals surface area (Å²) in [7, 11) is 0. The first kappa shape index (κ1) is 16.2. The van der Waals surface area contributed by atoms with Gasteiger partial charge in [0.1, 0.15) is 4.70 Å². The molecule has 3 unspecified atom stereocenters. The van der Waals surface area contributed by atoms with Crippen molar-refractivity contribution in [3.05, 3.63) is 20.0 Å². The number of nitrogens with zero attached hydrogens (tertiary/aromatic N) is 2. The second-order valence-corrected chi connectivity index (χ2v) is 6.99. The van der Waals surface area contributed by atoms with E-state index in [9.17, 15) is 9.59 Å². The standard InChI is InChI=1S/C14H21N5O3S/c1-3-5-7-6-14(16,4-2)11(22-7)19-9-8(23-13(19)21)10(20)18-12(15)17-9/h7,11H,3-6,16H2,1-2H3,(H3,15,17,18,20). The van der Waals surface area contributed by atoms with Gasteiger partial charge in [0.2, 0.25) is 5.95 Å². The van der Waals surface area contributed by atoms with Gasteiger partial charge < -0.3 is 16.2 Å². The van der Waals surface area contributed by atoms with Gasteiger partial charge >= 0.3 is 4.87 Å². The lowest BCUT2D eigenvalue weighted by molar-refractivity contribution is -0.0210. The first-order chi connectivity index (χ1) is 10.9. The van der Waals surface area contributed by atoms with Crippen molar-refractivity contribution in [1.29, 1.82) is 0 Å². The molecule has 3 heterocycles. The molecule has 0 saturated carbocycles. The Bertz CT molecular complexity index is 841. The number of fused-ring (bicyclic) bond motifs is 1. The minimum absolute atomic E-state index is 0.00357. The molecule has 1 aliphatic rings. The Morgan fingerprint density at radius 2 is 2.22 bits per heavy atom. The van der Waals surface area contributed by atoms with Gasteiger partial charge in [-0.05, 0) is 19.3 Å². The van der Waals surface area contributed by atoms with Gasteiger partial charge in [0.15, 0.2) is 11.9 Å². The fourth-order valence-corrected chi connectivity index (χ4v) is 4.01. The third kappa shape index (κ3) is 2.58. The molecule has 2 aromatic rings. The molecule has 0 amide bonds. The molecular weight excluding hydrogens is 318 g/mol. The van der Waals surface area contributed by atoms with Crippen LogP contribution >= 0.6 is 11.3 Å². The van der Waals surface area contributed by atoms with Crippen LogP contribution in [0.4, 0.5) is 5.95 Å². The Kier molecular flexibility index (Phi) is 4.03. The minimum atomic E-state index is -0.670. The molecule has 3 atom stereocenters. The molecule has 1 fully saturated rings. The van der Waals surface area contributed by atoms with E-state index in [1.807, 2.05) is 6.92 Å². The molecule has 126 valence electrons. The Morgan fingerprint density at radius 1 is 1.48 bits per heavy atom. The number of H-pyrrole nitrogens is 1.